The van der Waals surface area contributed by atoms with Crippen molar-refractivity contribution in [3.8, 4) is 17.2 Å². The van der Waals surface area contributed by atoms with E-state index in [0.717, 1.165) is 17.2 Å². The van der Waals surface area contributed by atoms with Crippen LogP contribution in [0.15, 0.2) is 33.0 Å². The van der Waals surface area contributed by atoms with E-state index >= 15 is 0 Å². The standard InChI is InChI=1S/C17H20O6/c1-10(2)5-6-11-13(22-9-20-3)8-14-16(17(11)21-4)12(18)7-15(19)23-14/h5,7-8,18H,6,9H2,1-4H3. The molecular formula is C17H20O6. The summed E-state index contributed by atoms with van der Waals surface area (Å²) in [6, 6.07) is 2.58. The second-order valence-corrected chi connectivity index (χ2v) is 5.25. The maximum Gasteiger partial charge on any atom is 0.339 e. The Morgan fingerprint density at radius 1 is 1.30 bits per heavy atom. The quantitative estimate of drug-likeness (QED) is 0.501. The summed E-state index contributed by atoms with van der Waals surface area (Å²) in [6.07, 6.45) is 2.55. The van der Waals surface area contributed by atoms with Crippen molar-refractivity contribution in [2.45, 2.75) is 20.3 Å². The van der Waals surface area contributed by atoms with Crippen LogP contribution >= 0.6 is 0 Å². The minimum Gasteiger partial charge on any atom is -0.507 e. The molecule has 0 spiro atoms. The van der Waals surface area contributed by atoms with Crippen LogP contribution < -0.4 is 15.1 Å². The predicted octanol–water partition coefficient (Wildman–Crippen LogP) is 3.00. The molecule has 0 saturated carbocycles. The highest BCUT2D eigenvalue weighted by Gasteiger charge is 2.19. The van der Waals surface area contributed by atoms with E-state index in [-0.39, 0.29) is 18.1 Å². The van der Waals surface area contributed by atoms with Gasteiger partial charge in [-0.05, 0) is 20.3 Å². The van der Waals surface area contributed by atoms with Gasteiger partial charge < -0.3 is 23.7 Å². The fraction of sp³-hybridized carbons (Fsp3) is 0.353. The minimum absolute atomic E-state index is 0.0412. The van der Waals surface area contributed by atoms with Crippen LogP contribution in [0.25, 0.3) is 11.0 Å². The largest absolute Gasteiger partial charge is 0.507 e. The lowest BCUT2D eigenvalue weighted by molar-refractivity contribution is 0.0504. The molecule has 6 nitrogen and oxygen atoms in total. The zero-order valence-corrected chi connectivity index (χ0v) is 13.6. The smallest absolute Gasteiger partial charge is 0.339 e. The normalized spacial score (nSPS) is 10.6. The summed E-state index contributed by atoms with van der Waals surface area (Å²) in [7, 11) is 3.01. The zero-order valence-electron chi connectivity index (χ0n) is 13.6. The number of allylic oxidation sites excluding steroid dienone is 2. The molecule has 0 atom stereocenters. The van der Waals surface area contributed by atoms with E-state index in [9.17, 15) is 9.90 Å². The molecule has 0 aliphatic rings. The maximum absolute atomic E-state index is 11.5. The number of methoxy groups -OCH3 is 2. The van der Waals surface area contributed by atoms with Crippen molar-refractivity contribution in [3.63, 3.8) is 0 Å². The van der Waals surface area contributed by atoms with Crippen LogP contribution in [0.3, 0.4) is 0 Å². The van der Waals surface area contributed by atoms with Gasteiger partial charge in [0.25, 0.3) is 0 Å². The lowest BCUT2D eigenvalue weighted by Crippen LogP contribution is -2.05. The minimum atomic E-state index is -0.646. The summed E-state index contributed by atoms with van der Waals surface area (Å²) in [5.41, 5.74) is 1.42. The van der Waals surface area contributed by atoms with Gasteiger partial charge in [0, 0.05) is 18.7 Å². The molecule has 0 saturated heterocycles. The second-order valence-electron chi connectivity index (χ2n) is 5.25. The highest BCUT2D eigenvalue weighted by atomic mass is 16.7. The molecule has 2 rings (SSSR count). The van der Waals surface area contributed by atoms with Crippen molar-refractivity contribution in [1.82, 2.24) is 0 Å². The fourth-order valence-electron chi connectivity index (χ4n) is 2.27. The fourth-order valence-corrected chi connectivity index (χ4v) is 2.27. The number of benzene rings is 1. The van der Waals surface area contributed by atoms with E-state index in [1.165, 1.54) is 14.2 Å². The number of rotatable bonds is 6. The molecule has 124 valence electrons. The van der Waals surface area contributed by atoms with E-state index in [1.54, 1.807) is 6.07 Å². The van der Waals surface area contributed by atoms with Crippen LogP contribution in [0.5, 0.6) is 17.2 Å². The molecule has 0 bridgehead atoms. The van der Waals surface area contributed by atoms with Crippen molar-refractivity contribution < 1.29 is 23.7 Å². The van der Waals surface area contributed by atoms with Crippen LogP contribution in [0, 0.1) is 0 Å². The molecule has 0 unspecified atom stereocenters. The van der Waals surface area contributed by atoms with Gasteiger partial charge >= 0.3 is 5.63 Å². The van der Waals surface area contributed by atoms with E-state index < -0.39 is 5.63 Å². The number of ether oxygens (including phenoxy) is 3. The van der Waals surface area contributed by atoms with Crippen LogP contribution in [-0.4, -0.2) is 26.1 Å². The molecule has 6 heteroatoms. The molecular weight excluding hydrogens is 300 g/mol. The van der Waals surface area contributed by atoms with Gasteiger partial charge in [-0.25, -0.2) is 4.79 Å². The molecule has 0 radical (unpaired) electrons. The Morgan fingerprint density at radius 3 is 2.65 bits per heavy atom. The summed E-state index contributed by atoms with van der Waals surface area (Å²) < 4.78 is 21.1. The van der Waals surface area contributed by atoms with Gasteiger partial charge in [-0.3, -0.25) is 0 Å². The number of hydrogen-bond donors (Lipinski definition) is 1. The Morgan fingerprint density at radius 2 is 2.04 bits per heavy atom. The molecule has 2 aromatic rings. The summed E-state index contributed by atoms with van der Waals surface area (Å²) >= 11 is 0. The highest BCUT2D eigenvalue weighted by Crippen LogP contribution is 2.41. The van der Waals surface area contributed by atoms with E-state index in [2.05, 4.69) is 0 Å². The SMILES string of the molecule is COCOc1cc2oc(=O)cc(O)c2c(OC)c1CC=C(C)C. The van der Waals surface area contributed by atoms with Gasteiger partial charge in [-0.15, -0.1) is 0 Å². The summed E-state index contributed by atoms with van der Waals surface area (Å²) in [4.78, 5) is 11.5. The second kappa shape index (κ2) is 7.19. The summed E-state index contributed by atoms with van der Waals surface area (Å²) in [5.74, 6) is 0.694. The van der Waals surface area contributed by atoms with Crippen molar-refractivity contribution in [2.75, 3.05) is 21.0 Å². The van der Waals surface area contributed by atoms with Crippen LogP contribution in [0.2, 0.25) is 0 Å². The van der Waals surface area contributed by atoms with E-state index in [1.807, 2.05) is 19.9 Å². The number of hydrogen-bond acceptors (Lipinski definition) is 6. The van der Waals surface area contributed by atoms with Crippen molar-refractivity contribution in [3.05, 3.63) is 39.8 Å². The lowest BCUT2D eigenvalue weighted by Gasteiger charge is -2.16. The maximum atomic E-state index is 11.5. The Balaban J connectivity index is 2.75. The van der Waals surface area contributed by atoms with Crippen LogP contribution in [-0.2, 0) is 11.2 Å². The van der Waals surface area contributed by atoms with Crippen LogP contribution in [0.1, 0.15) is 19.4 Å². The molecule has 0 fully saturated rings. The topological polar surface area (TPSA) is 78.1 Å². The van der Waals surface area contributed by atoms with Gasteiger partial charge in [-0.1, -0.05) is 11.6 Å². The summed E-state index contributed by atoms with van der Waals surface area (Å²) in [5, 5.41) is 10.5. The Kier molecular flexibility index (Phi) is 5.28. The highest BCUT2D eigenvalue weighted by molar-refractivity contribution is 5.92. The third kappa shape index (κ3) is 3.65. The van der Waals surface area contributed by atoms with Crippen molar-refractivity contribution in [2.24, 2.45) is 0 Å². The zero-order chi connectivity index (χ0) is 17.0. The van der Waals surface area contributed by atoms with Gasteiger partial charge in [0.05, 0.1) is 13.2 Å². The van der Waals surface area contributed by atoms with E-state index in [0.29, 0.717) is 23.3 Å². The van der Waals surface area contributed by atoms with Gasteiger partial charge in [-0.2, -0.15) is 0 Å². The first-order valence-electron chi connectivity index (χ1n) is 7.09. The summed E-state index contributed by atoms with van der Waals surface area (Å²) in [6.45, 7) is 4.01. The van der Waals surface area contributed by atoms with E-state index in [4.69, 9.17) is 18.6 Å². The number of aromatic hydroxyl groups is 1. The van der Waals surface area contributed by atoms with Crippen molar-refractivity contribution in [1.29, 1.82) is 0 Å². The predicted molar refractivity (Wildman–Crippen MR) is 86.3 cm³/mol. The third-order valence-electron chi connectivity index (χ3n) is 3.28. The molecule has 1 aromatic heterocycles. The van der Waals surface area contributed by atoms with Crippen LogP contribution in [0.4, 0.5) is 0 Å². The third-order valence-corrected chi connectivity index (χ3v) is 3.28. The molecule has 0 aliphatic carbocycles. The molecule has 1 heterocycles. The van der Waals surface area contributed by atoms with Crippen molar-refractivity contribution >= 4 is 11.0 Å². The molecule has 1 aromatic carbocycles. The first kappa shape index (κ1) is 16.9. The average molecular weight is 320 g/mol. The first-order chi connectivity index (χ1) is 11.0. The Hall–Kier alpha value is -2.47. The lowest BCUT2D eigenvalue weighted by atomic mass is 10.0. The van der Waals surface area contributed by atoms with Gasteiger partial charge in [0.2, 0.25) is 0 Å². The molecule has 23 heavy (non-hydrogen) atoms. The first-order valence-corrected chi connectivity index (χ1v) is 7.09. The monoisotopic (exact) mass is 320 g/mol. The van der Waals surface area contributed by atoms with Gasteiger partial charge in [0.15, 0.2) is 6.79 Å². The average Bonchev–Trinajstić information content (AvgIpc) is 2.49. The molecule has 0 aliphatic heterocycles. The number of fused-ring (bicyclic) bond motifs is 1. The molecule has 1 N–H and O–H groups in total. The van der Waals surface area contributed by atoms with Gasteiger partial charge in [0.1, 0.15) is 28.2 Å². The Labute approximate surface area is 133 Å². The Bertz CT molecular complexity index is 784. The molecule has 0 amide bonds.